The average Bonchev–Trinajstić information content (AvgIpc) is 3.17. The highest BCUT2D eigenvalue weighted by Crippen LogP contribution is 2.42. The van der Waals surface area contributed by atoms with Crippen LogP contribution in [0, 0.1) is 0 Å². The fourth-order valence-corrected chi connectivity index (χ4v) is 4.68. The predicted molar refractivity (Wildman–Crippen MR) is 126 cm³/mol. The van der Waals surface area contributed by atoms with Gasteiger partial charge in [-0.2, -0.15) is 0 Å². The van der Waals surface area contributed by atoms with Crippen molar-refractivity contribution in [2.24, 2.45) is 12.8 Å². The second kappa shape index (κ2) is 8.02. The van der Waals surface area contributed by atoms with Crippen molar-refractivity contribution in [3.8, 4) is 11.3 Å². The second-order valence-corrected chi connectivity index (χ2v) is 8.79. The Bertz CT molecular complexity index is 1160. The van der Waals surface area contributed by atoms with E-state index in [4.69, 9.17) is 16.5 Å². The molecule has 1 aromatic carbocycles. The molecule has 1 saturated heterocycles. The lowest BCUT2D eigenvalue weighted by Crippen LogP contribution is -2.40. The molecule has 2 atom stereocenters. The number of benzene rings is 1. The number of halogens is 1. The number of imidazole rings is 1. The molecule has 4 N–H and O–H groups in total. The molecule has 0 bridgehead atoms. The van der Waals surface area contributed by atoms with Crippen molar-refractivity contribution in [1.82, 2.24) is 19.5 Å². The molecule has 1 aliphatic carbocycles. The maximum absolute atomic E-state index is 15.7. The number of nitrogens with two attached hydrogens (primary N) is 2. The van der Waals surface area contributed by atoms with Crippen LogP contribution in [-0.2, 0) is 7.05 Å². The molecule has 5 rings (SSSR count). The SMILES string of the molecule is CC1c2c(ncn2C)C=C(c2cnc(N3CCC(N)CC3)nc2-c2ccc(N)cc2)[C@@H]1F. The Labute approximate surface area is 187 Å². The molecule has 166 valence electrons. The second-order valence-electron chi connectivity index (χ2n) is 8.79. The Balaban J connectivity index is 1.63. The minimum atomic E-state index is -1.19. The third kappa shape index (κ3) is 3.54. The first-order valence-electron chi connectivity index (χ1n) is 11.0. The molecule has 8 heteroatoms. The summed E-state index contributed by atoms with van der Waals surface area (Å²) in [6, 6.07) is 7.73. The van der Waals surface area contributed by atoms with Gasteiger partial charge < -0.3 is 20.9 Å². The monoisotopic (exact) mass is 433 g/mol. The van der Waals surface area contributed by atoms with Gasteiger partial charge in [-0.15, -0.1) is 0 Å². The van der Waals surface area contributed by atoms with Gasteiger partial charge in [-0.05, 0) is 36.6 Å². The van der Waals surface area contributed by atoms with Crippen LogP contribution in [0.15, 0.2) is 36.8 Å². The Kier molecular flexibility index (Phi) is 5.17. The molecule has 1 unspecified atom stereocenters. The molecule has 32 heavy (non-hydrogen) atoms. The molecule has 3 heterocycles. The van der Waals surface area contributed by atoms with E-state index in [0.717, 1.165) is 42.9 Å². The largest absolute Gasteiger partial charge is 0.399 e. The highest BCUT2D eigenvalue weighted by molar-refractivity contribution is 5.91. The van der Waals surface area contributed by atoms with Gasteiger partial charge in [0.1, 0.15) is 6.17 Å². The van der Waals surface area contributed by atoms with E-state index in [-0.39, 0.29) is 12.0 Å². The lowest BCUT2D eigenvalue weighted by Gasteiger charge is -2.31. The maximum Gasteiger partial charge on any atom is 0.225 e. The summed E-state index contributed by atoms with van der Waals surface area (Å²) in [5.41, 5.74) is 17.1. The molecule has 7 nitrogen and oxygen atoms in total. The number of aryl methyl sites for hydroxylation is 1. The van der Waals surface area contributed by atoms with Crippen LogP contribution >= 0.6 is 0 Å². The van der Waals surface area contributed by atoms with Gasteiger partial charge in [0.05, 0.1) is 23.4 Å². The number of hydrogen-bond acceptors (Lipinski definition) is 6. The smallest absolute Gasteiger partial charge is 0.225 e. The number of fused-ring (bicyclic) bond motifs is 1. The van der Waals surface area contributed by atoms with Crippen molar-refractivity contribution in [2.75, 3.05) is 23.7 Å². The van der Waals surface area contributed by atoms with Gasteiger partial charge in [0.2, 0.25) is 5.95 Å². The zero-order chi connectivity index (χ0) is 22.4. The summed E-state index contributed by atoms with van der Waals surface area (Å²) in [5.74, 6) is 0.325. The Morgan fingerprint density at radius 1 is 1.09 bits per heavy atom. The molecular weight excluding hydrogens is 405 g/mol. The molecule has 3 aromatic rings. The van der Waals surface area contributed by atoms with Gasteiger partial charge in [0.25, 0.3) is 0 Å². The normalized spacial score (nSPS) is 21.4. The van der Waals surface area contributed by atoms with Crippen molar-refractivity contribution in [3.63, 3.8) is 0 Å². The van der Waals surface area contributed by atoms with Crippen molar-refractivity contribution in [3.05, 3.63) is 53.7 Å². The number of alkyl halides is 1. The van der Waals surface area contributed by atoms with E-state index in [9.17, 15) is 0 Å². The van der Waals surface area contributed by atoms with E-state index in [1.165, 1.54) is 0 Å². The summed E-state index contributed by atoms with van der Waals surface area (Å²) in [4.78, 5) is 16.2. The molecule has 0 radical (unpaired) electrons. The quantitative estimate of drug-likeness (QED) is 0.615. The minimum Gasteiger partial charge on any atom is -0.399 e. The van der Waals surface area contributed by atoms with Crippen LogP contribution in [-0.4, -0.2) is 44.8 Å². The highest BCUT2D eigenvalue weighted by Gasteiger charge is 2.34. The van der Waals surface area contributed by atoms with Crippen molar-refractivity contribution >= 4 is 23.3 Å². The zero-order valence-corrected chi connectivity index (χ0v) is 18.4. The summed E-state index contributed by atoms with van der Waals surface area (Å²) in [7, 11) is 1.90. The molecule has 0 saturated carbocycles. The third-order valence-corrected chi connectivity index (χ3v) is 6.57. The van der Waals surface area contributed by atoms with Gasteiger partial charge in [0.15, 0.2) is 0 Å². The summed E-state index contributed by atoms with van der Waals surface area (Å²) in [5, 5.41) is 0. The molecule has 2 aliphatic rings. The number of nitrogens with zero attached hydrogens (tertiary/aromatic N) is 5. The van der Waals surface area contributed by atoms with Crippen LogP contribution in [0.25, 0.3) is 22.9 Å². The van der Waals surface area contributed by atoms with Gasteiger partial charge in [-0.1, -0.05) is 19.1 Å². The highest BCUT2D eigenvalue weighted by atomic mass is 19.1. The van der Waals surface area contributed by atoms with Gasteiger partial charge in [-0.25, -0.2) is 19.3 Å². The molecule has 0 spiro atoms. The third-order valence-electron chi connectivity index (χ3n) is 6.57. The summed E-state index contributed by atoms with van der Waals surface area (Å²) in [6.07, 6.45) is 5.93. The standard InChI is InChI=1S/C24H28FN7/c1-14-21(25)18(11-20-23(14)31(2)13-29-20)19-12-28-24(32-9-7-17(27)8-10-32)30-22(19)15-3-5-16(26)6-4-15/h3-6,11-14,17,21H,7-10,26-27H2,1-2H3/t14?,21-/m1/s1. The number of anilines is 2. The van der Waals surface area contributed by atoms with Gasteiger partial charge in [0, 0.05) is 55.1 Å². The first-order chi connectivity index (χ1) is 15.4. The first-order valence-corrected chi connectivity index (χ1v) is 11.0. The van der Waals surface area contributed by atoms with Crippen LogP contribution < -0.4 is 16.4 Å². The zero-order valence-electron chi connectivity index (χ0n) is 18.4. The number of aromatic nitrogens is 4. The molecular formula is C24H28FN7. The van der Waals surface area contributed by atoms with Crippen LogP contribution in [0.2, 0.25) is 0 Å². The number of rotatable bonds is 3. The van der Waals surface area contributed by atoms with Crippen LogP contribution in [0.3, 0.4) is 0 Å². The van der Waals surface area contributed by atoms with Crippen LogP contribution in [0.4, 0.5) is 16.0 Å². The first kappa shape index (κ1) is 20.6. The van der Waals surface area contributed by atoms with E-state index in [2.05, 4.69) is 14.9 Å². The van der Waals surface area contributed by atoms with E-state index < -0.39 is 6.17 Å². The number of nitrogen functional groups attached to an aromatic ring is 1. The van der Waals surface area contributed by atoms with Gasteiger partial charge in [-0.3, -0.25) is 0 Å². The van der Waals surface area contributed by atoms with E-state index in [1.807, 2.05) is 48.9 Å². The van der Waals surface area contributed by atoms with Crippen LogP contribution in [0.5, 0.6) is 0 Å². The lowest BCUT2D eigenvalue weighted by molar-refractivity contribution is 0.355. The molecule has 2 aromatic heterocycles. The van der Waals surface area contributed by atoms with Crippen LogP contribution in [0.1, 0.15) is 42.6 Å². The average molecular weight is 434 g/mol. The lowest BCUT2D eigenvalue weighted by atomic mass is 9.84. The van der Waals surface area contributed by atoms with E-state index in [1.54, 1.807) is 12.5 Å². The fraction of sp³-hybridized carbons (Fsp3) is 0.375. The van der Waals surface area contributed by atoms with Crippen molar-refractivity contribution in [1.29, 1.82) is 0 Å². The minimum absolute atomic E-state index is 0.218. The van der Waals surface area contributed by atoms with Gasteiger partial charge >= 0.3 is 0 Å². The molecule has 1 fully saturated rings. The maximum atomic E-state index is 15.7. The summed E-state index contributed by atoms with van der Waals surface area (Å²) < 4.78 is 17.6. The van der Waals surface area contributed by atoms with E-state index >= 15 is 4.39 Å². The summed E-state index contributed by atoms with van der Waals surface area (Å²) >= 11 is 0. The Morgan fingerprint density at radius 3 is 2.53 bits per heavy atom. The number of piperidine rings is 1. The summed E-state index contributed by atoms with van der Waals surface area (Å²) in [6.45, 7) is 3.52. The number of hydrogen-bond donors (Lipinski definition) is 2. The molecule has 0 amide bonds. The van der Waals surface area contributed by atoms with Crippen molar-refractivity contribution in [2.45, 2.75) is 37.9 Å². The topological polar surface area (TPSA) is 98.9 Å². The van der Waals surface area contributed by atoms with Crippen molar-refractivity contribution < 1.29 is 4.39 Å². The molecule has 1 aliphatic heterocycles. The fourth-order valence-electron chi connectivity index (χ4n) is 4.68. The number of allylic oxidation sites excluding steroid dienone is 1. The van der Waals surface area contributed by atoms with E-state index in [0.29, 0.717) is 28.5 Å². The Morgan fingerprint density at radius 2 is 1.81 bits per heavy atom. The Hall–Kier alpha value is -3.26. The predicted octanol–water partition coefficient (Wildman–Crippen LogP) is 3.38.